The van der Waals surface area contributed by atoms with Gasteiger partial charge in [0.1, 0.15) is 0 Å². The van der Waals surface area contributed by atoms with E-state index in [1.807, 2.05) is 13.8 Å². The van der Waals surface area contributed by atoms with E-state index >= 15 is 0 Å². The Morgan fingerprint density at radius 3 is 2.40 bits per heavy atom. The molecule has 0 aliphatic heterocycles. The van der Waals surface area contributed by atoms with Gasteiger partial charge in [0.05, 0.1) is 0 Å². The highest BCUT2D eigenvalue weighted by Gasteiger charge is 2.16. The fourth-order valence-corrected chi connectivity index (χ4v) is 1.27. The summed E-state index contributed by atoms with van der Waals surface area (Å²) in [6.07, 6.45) is 2.06. The smallest absolute Gasteiger partial charge is 0.222 e. The summed E-state index contributed by atoms with van der Waals surface area (Å²) in [6, 6.07) is 0. The quantitative estimate of drug-likeness (QED) is 0.611. The molecule has 3 heteroatoms. The first-order valence-electron chi connectivity index (χ1n) is 2.94. The van der Waals surface area contributed by atoms with Gasteiger partial charge in [-0.1, -0.05) is 31.5 Å². The van der Waals surface area contributed by atoms with Crippen molar-refractivity contribution in [3.8, 4) is 0 Å². The van der Waals surface area contributed by atoms with E-state index in [0.717, 1.165) is 0 Å². The molecule has 10 heavy (non-hydrogen) atoms. The zero-order valence-electron chi connectivity index (χ0n) is 6.03. The molecule has 0 fully saturated rings. The van der Waals surface area contributed by atoms with Crippen LogP contribution < -0.4 is 0 Å². The molecule has 0 unspecified atom stereocenters. The van der Waals surface area contributed by atoms with Crippen LogP contribution in [-0.4, -0.2) is 5.24 Å². The fraction of sp³-hybridized carbons (Fsp3) is 0.571. The van der Waals surface area contributed by atoms with E-state index in [1.165, 1.54) is 5.54 Å². The van der Waals surface area contributed by atoms with Gasteiger partial charge in [0.25, 0.3) is 0 Å². The maximum absolute atomic E-state index is 10.4. The van der Waals surface area contributed by atoms with Gasteiger partial charge in [0.15, 0.2) is 0 Å². The summed E-state index contributed by atoms with van der Waals surface area (Å²) in [5.74, 6) is 0. The van der Waals surface area contributed by atoms with Gasteiger partial charge in [0, 0.05) is 12.0 Å². The van der Waals surface area contributed by atoms with Crippen molar-refractivity contribution in [1.82, 2.24) is 0 Å². The number of allylic oxidation sites excluding steroid dienone is 1. The maximum atomic E-state index is 10.4. The van der Waals surface area contributed by atoms with Crippen molar-refractivity contribution in [2.45, 2.75) is 20.3 Å². The highest BCUT2D eigenvalue weighted by Crippen LogP contribution is 2.23. The van der Waals surface area contributed by atoms with Crippen LogP contribution in [0, 0.1) is 5.41 Å². The Balaban J connectivity index is 3.99. The first kappa shape index (κ1) is 9.99. The molecule has 0 amide bonds. The van der Waals surface area contributed by atoms with Crippen LogP contribution in [0.3, 0.4) is 0 Å². The second-order valence-corrected chi connectivity index (χ2v) is 3.49. The molecule has 0 rings (SSSR count). The van der Waals surface area contributed by atoms with E-state index < -0.39 is 0 Å². The highest BCUT2D eigenvalue weighted by atomic mass is 35.5. The van der Waals surface area contributed by atoms with Gasteiger partial charge < -0.3 is 0 Å². The second-order valence-electron chi connectivity index (χ2n) is 2.81. The molecular weight excluding hydrogens is 171 g/mol. The van der Waals surface area contributed by atoms with Crippen LogP contribution in [0.2, 0.25) is 0 Å². The molecule has 0 aromatic carbocycles. The third-order valence-corrected chi connectivity index (χ3v) is 1.37. The summed E-state index contributed by atoms with van der Waals surface area (Å²) in [7, 11) is 0. The Morgan fingerprint density at radius 2 is 2.10 bits per heavy atom. The zero-order chi connectivity index (χ0) is 8.20. The van der Waals surface area contributed by atoms with E-state index in [2.05, 4.69) is 0 Å². The molecular formula is C7H10Cl2O. The molecule has 0 spiro atoms. The monoisotopic (exact) mass is 180 g/mol. The molecule has 0 bridgehead atoms. The van der Waals surface area contributed by atoms with Gasteiger partial charge >= 0.3 is 0 Å². The Hall–Kier alpha value is -0.0100. The van der Waals surface area contributed by atoms with Gasteiger partial charge in [-0.25, -0.2) is 0 Å². The first-order valence-corrected chi connectivity index (χ1v) is 3.75. The molecule has 0 aromatic rings. The molecule has 0 aliphatic carbocycles. The molecule has 0 saturated heterocycles. The predicted octanol–water partition coefficient (Wildman–Crippen LogP) is 2.92. The Bertz CT molecular complexity index is 150. The van der Waals surface area contributed by atoms with Crippen LogP contribution >= 0.6 is 23.2 Å². The van der Waals surface area contributed by atoms with Crippen LogP contribution in [0.25, 0.3) is 0 Å². The van der Waals surface area contributed by atoms with Crippen molar-refractivity contribution in [3.05, 3.63) is 11.6 Å². The van der Waals surface area contributed by atoms with Crippen LogP contribution in [0.5, 0.6) is 0 Å². The summed E-state index contributed by atoms with van der Waals surface area (Å²) in [6.45, 7) is 3.79. The molecule has 0 heterocycles. The van der Waals surface area contributed by atoms with E-state index in [9.17, 15) is 4.79 Å². The molecule has 58 valence electrons. The Labute approximate surface area is 71.0 Å². The van der Waals surface area contributed by atoms with Gasteiger partial charge in [-0.05, 0) is 17.0 Å². The van der Waals surface area contributed by atoms with Crippen molar-refractivity contribution >= 4 is 28.4 Å². The molecule has 1 nitrogen and oxygen atoms in total. The summed E-state index contributed by atoms with van der Waals surface area (Å²) in [5, 5.41) is -0.334. The number of rotatable bonds is 3. The second kappa shape index (κ2) is 3.99. The average Bonchev–Trinajstić information content (AvgIpc) is 1.59. The van der Waals surface area contributed by atoms with Crippen molar-refractivity contribution in [2.75, 3.05) is 0 Å². The fourth-order valence-electron chi connectivity index (χ4n) is 0.588. The molecule has 0 aliphatic rings. The largest absolute Gasteiger partial charge is 0.281 e. The lowest BCUT2D eigenvalue weighted by Gasteiger charge is -2.15. The lowest BCUT2D eigenvalue weighted by molar-refractivity contribution is -0.112. The average molecular weight is 181 g/mol. The molecule has 0 aromatic heterocycles. The molecule has 0 atom stereocenters. The zero-order valence-corrected chi connectivity index (χ0v) is 7.54. The van der Waals surface area contributed by atoms with Crippen molar-refractivity contribution in [2.24, 2.45) is 5.41 Å². The number of carbonyl (C=O) groups excluding carboxylic acids is 1. The summed E-state index contributed by atoms with van der Waals surface area (Å²) < 4.78 is 0. The lowest BCUT2D eigenvalue weighted by Crippen LogP contribution is -2.10. The first-order chi connectivity index (χ1) is 4.48. The summed E-state index contributed by atoms with van der Waals surface area (Å²) in [5.41, 5.74) is 1.18. The maximum Gasteiger partial charge on any atom is 0.222 e. The van der Waals surface area contributed by atoms with Crippen molar-refractivity contribution < 1.29 is 4.79 Å². The standard InChI is InChI=1S/C7H10Cl2O/c1-7(2,3-4-8)5-6(9)10/h3-4H,5H2,1-2H3. The normalized spacial score (nSPS) is 12.4. The Kier molecular flexibility index (Phi) is 3.99. The van der Waals surface area contributed by atoms with Crippen molar-refractivity contribution in [3.63, 3.8) is 0 Å². The number of carbonyl (C=O) groups is 1. The minimum atomic E-state index is -0.334. The molecule has 0 N–H and O–H groups in total. The van der Waals surface area contributed by atoms with Crippen LogP contribution in [0.15, 0.2) is 11.6 Å². The van der Waals surface area contributed by atoms with Crippen LogP contribution in [0.4, 0.5) is 0 Å². The highest BCUT2D eigenvalue weighted by molar-refractivity contribution is 6.63. The topological polar surface area (TPSA) is 17.1 Å². The van der Waals surface area contributed by atoms with Crippen LogP contribution in [0.1, 0.15) is 20.3 Å². The summed E-state index contributed by atoms with van der Waals surface area (Å²) >= 11 is 10.5. The molecule has 0 saturated carbocycles. The predicted molar refractivity (Wildman–Crippen MR) is 44.3 cm³/mol. The minimum absolute atomic E-state index is 0.222. The van der Waals surface area contributed by atoms with Gasteiger partial charge in [-0.15, -0.1) is 0 Å². The van der Waals surface area contributed by atoms with Gasteiger partial charge in [-0.2, -0.15) is 0 Å². The SMILES string of the molecule is CC(C)(C=CCl)CC(=O)Cl. The van der Waals surface area contributed by atoms with Crippen molar-refractivity contribution in [1.29, 1.82) is 0 Å². The van der Waals surface area contributed by atoms with E-state index in [1.54, 1.807) is 6.08 Å². The third kappa shape index (κ3) is 4.83. The summed E-state index contributed by atoms with van der Waals surface area (Å²) in [4.78, 5) is 10.4. The van der Waals surface area contributed by atoms with E-state index in [0.29, 0.717) is 6.42 Å². The Morgan fingerprint density at radius 1 is 1.60 bits per heavy atom. The van der Waals surface area contributed by atoms with Crippen LogP contribution in [-0.2, 0) is 4.79 Å². The third-order valence-electron chi connectivity index (χ3n) is 1.11. The van der Waals surface area contributed by atoms with E-state index in [-0.39, 0.29) is 10.7 Å². The number of halogens is 2. The number of hydrogen-bond donors (Lipinski definition) is 0. The van der Waals surface area contributed by atoms with Gasteiger partial charge in [-0.3, -0.25) is 4.79 Å². The molecule has 0 radical (unpaired) electrons. The number of hydrogen-bond acceptors (Lipinski definition) is 1. The lowest BCUT2D eigenvalue weighted by atomic mass is 9.90. The minimum Gasteiger partial charge on any atom is -0.281 e. The van der Waals surface area contributed by atoms with Gasteiger partial charge in [0.2, 0.25) is 5.24 Å². The van der Waals surface area contributed by atoms with E-state index in [4.69, 9.17) is 23.2 Å².